The second kappa shape index (κ2) is 4.75. The summed E-state index contributed by atoms with van der Waals surface area (Å²) in [6.07, 6.45) is 0. The van der Waals surface area contributed by atoms with Crippen LogP contribution in [-0.4, -0.2) is 34.1 Å². The highest BCUT2D eigenvalue weighted by Gasteiger charge is 2.09. The van der Waals surface area contributed by atoms with Crippen molar-refractivity contribution in [3.8, 4) is 0 Å². The number of benzene rings is 1. The zero-order chi connectivity index (χ0) is 12.3. The van der Waals surface area contributed by atoms with Crippen LogP contribution in [0.15, 0.2) is 29.1 Å². The van der Waals surface area contributed by atoms with E-state index >= 15 is 0 Å². The van der Waals surface area contributed by atoms with Crippen molar-refractivity contribution in [3.05, 3.63) is 40.4 Å². The van der Waals surface area contributed by atoms with E-state index in [0.717, 1.165) is 0 Å². The SMILES string of the molecule is O=C(NCCO)c1nc2ccccc2c(=O)[nH]1. The van der Waals surface area contributed by atoms with Gasteiger partial charge in [0, 0.05) is 6.54 Å². The van der Waals surface area contributed by atoms with E-state index in [0.29, 0.717) is 10.9 Å². The Balaban J connectivity index is 2.43. The molecule has 0 bridgehead atoms. The first-order chi connectivity index (χ1) is 8.22. The van der Waals surface area contributed by atoms with Crippen LogP contribution in [0, 0.1) is 0 Å². The Morgan fingerprint density at radius 2 is 2.18 bits per heavy atom. The number of para-hydroxylation sites is 1. The van der Waals surface area contributed by atoms with Gasteiger partial charge >= 0.3 is 0 Å². The number of carbonyl (C=O) groups excluding carboxylic acids is 1. The van der Waals surface area contributed by atoms with Crippen LogP contribution in [0.3, 0.4) is 0 Å². The highest BCUT2D eigenvalue weighted by atomic mass is 16.3. The minimum atomic E-state index is -0.512. The molecule has 0 radical (unpaired) electrons. The Kier molecular flexibility index (Phi) is 3.15. The molecule has 1 heterocycles. The molecule has 2 aromatic rings. The predicted octanol–water partition coefficient (Wildman–Crippen LogP) is -0.355. The summed E-state index contributed by atoms with van der Waals surface area (Å²) in [7, 11) is 0. The lowest BCUT2D eigenvalue weighted by Crippen LogP contribution is -2.30. The molecule has 6 heteroatoms. The van der Waals surface area contributed by atoms with Gasteiger partial charge in [-0.15, -0.1) is 0 Å². The molecule has 1 aromatic heterocycles. The number of rotatable bonds is 3. The second-order valence-electron chi connectivity index (χ2n) is 3.41. The zero-order valence-electron chi connectivity index (χ0n) is 8.93. The van der Waals surface area contributed by atoms with E-state index in [2.05, 4.69) is 15.3 Å². The van der Waals surface area contributed by atoms with Gasteiger partial charge in [0.05, 0.1) is 17.5 Å². The maximum atomic E-state index is 11.7. The lowest BCUT2D eigenvalue weighted by atomic mass is 10.2. The minimum Gasteiger partial charge on any atom is -0.395 e. The van der Waals surface area contributed by atoms with Crippen molar-refractivity contribution in [2.45, 2.75) is 0 Å². The molecule has 6 nitrogen and oxygen atoms in total. The van der Waals surface area contributed by atoms with Crippen molar-refractivity contribution in [2.75, 3.05) is 13.2 Å². The number of aromatic amines is 1. The Labute approximate surface area is 96.3 Å². The quantitative estimate of drug-likeness (QED) is 0.675. The fraction of sp³-hybridized carbons (Fsp3) is 0.182. The molecule has 1 aromatic carbocycles. The van der Waals surface area contributed by atoms with Crippen molar-refractivity contribution in [2.24, 2.45) is 0 Å². The number of hydrogen-bond acceptors (Lipinski definition) is 4. The second-order valence-corrected chi connectivity index (χ2v) is 3.41. The van der Waals surface area contributed by atoms with E-state index < -0.39 is 5.91 Å². The van der Waals surface area contributed by atoms with Crippen molar-refractivity contribution >= 4 is 16.8 Å². The molecular weight excluding hydrogens is 222 g/mol. The summed E-state index contributed by atoms with van der Waals surface area (Å²) in [6, 6.07) is 6.76. The van der Waals surface area contributed by atoms with Crippen LogP contribution >= 0.6 is 0 Å². The summed E-state index contributed by atoms with van der Waals surface area (Å²) in [4.78, 5) is 29.6. The topological polar surface area (TPSA) is 95.1 Å². The Morgan fingerprint density at radius 3 is 2.94 bits per heavy atom. The van der Waals surface area contributed by atoms with Crippen LogP contribution in [0.1, 0.15) is 10.6 Å². The fourth-order valence-electron chi connectivity index (χ4n) is 1.45. The molecule has 1 amide bonds. The van der Waals surface area contributed by atoms with E-state index in [-0.39, 0.29) is 24.5 Å². The van der Waals surface area contributed by atoms with Gasteiger partial charge in [-0.2, -0.15) is 0 Å². The molecule has 0 spiro atoms. The molecule has 0 aliphatic heterocycles. The van der Waals surface area contributed by atoms with Gasteiger partial charge in [-0.3, -0.25) is 9.59 Å². The largest absolute Gasteiger partial charge is 0.395 e. The number of carbonyl (C=O) groups is 1. The number of nitrogens with one attached hydrogen (secondary N) is 2. The van der Waals surface area contributed by atoms with Crippen LogP contribution in [0.4, 0.5) is 0 Å². The van der Waals surface area contributed by atoms with Crippen LogP contribution in [0.25, 0.3) is 10.9 Å². The third kappa shape index (κ3) is 2.31. The molecule has 2 rings (SSSR count). The molecule has 0 unspecified atom stereocenters. The average Bonchev–Trinajstić information content (AvgIpc) is 2.36. The number of aromatic nitrogens is 2. The van der Waals surface area contributed by atoms with Crippen molar-refractivity contribution in [3.63, 3.8) is 0 Å². The molecule has 0 saturated carbocycles. The smallest absolute Gasteiger partial charge is 0.287 e. The van der Waals surface area contributed by atoms with Gasteiger partial charge in [0.1, 0.15) is 0 Å². The van der Waals surface area contributed by atoms with Gasteiger partial charge in [0.2, 0.25) is 0 Å². The van der Waals surface area contributed by atoms with Crippen LogP contribution < -0.4 is 10.9 Å². The predicted molar refractivity (Wildman–Crippen MR) is 61.8 cm³/mol. The molecule has 0 atom stereocenters. The third-order valence-electron chi connectivity index (χ3n) is 2.23. The van der Waals surface area contributed by atoms with Gasteiger partial charge < -0.3 is 15.4 Å². The molecule has 17 heavy (non-hydrogen) atoms. The molecular formula is C11H11N3O3. The molecule has 0 aliphatic carbocycles. The first kappa shape index (κ1) is 11.3. The highest BCUT2D eigenvalue weighted by Crippen LogP contribution is 2.05. The zero-order valence-corrected chi connectivity index (χ0v) is 8.93. The van der Waals surface area contributed by atoms with Crippen molar-refractivity contribution < 1.29 is 9.90 Å². The normalized spacial score (nSPS) is 10.4. The molecule has 3 N–H and O–H groups in total. The first-order valence-corrected chi connectivity index (χ1v) is 5.10. The number of nitrogens with zero attached hydrogens (tertiary/aromatic N) is 1. The number of hydrogen-bond donors (Lipinski definition) is 3. The van der Waals surface area contributed by atoms with Crippen molar-refractivity contribution in [1.82, 2.24) is 15.3 Å². The molecule has 0 fully saturated rings. The Hall–Kier alpha value is -2.21. The monoisotopic (exact) mass is 233 g/mol. The molecule has 88 valence electrons. The summed E-state index contributed by atoms with van der Waals surface area (Å²) in [5.41, 5.74) is 0.107. The van der Waals surface area contributed by atoms with E-state index in [1.807, 2.05) is 0 Å². The third-order valence-corrected chi connectivity index (χ3v) is 2.23. The average molecular weight is 233 g/mol. The maximum Gasteiger partial charge on any atom is 0.287 e. The number of amides is 1. The lowest BCUT2D eigenvalue weighted by molar-refractivity contribution is 0.0934. The number of aliphatic hydroxyl groups is 1. The standard InChI is InChI=1S/C11H11N3O3/c15-6-5-12-11(17)9-13-8-4-2-1-3-7(8)10(16)14-9/h1-4,15H,5-6H2,(H,12,17)(H,13,14,16). The van der Waals surface area contributed by atoms with Gasteiger partial charge in [-0.05, 0) is 12.1 Å². The highest BCUT2D eigenvalue weighted by molar-refractivity contribution is 5.92. The van der Waals surface area contributed by atoms with E-state index in [4.69, 9.17) is 5.11 Å². The fourth-order valence-corrected chi connectivity index (χ4v) is 1.45. The van der Waals surface area contributed by atoms with E-state index in [1.54, 1.807) is 24.3 Å². The van der Waals surface area contributed by atoms with Gasteiger partial charge in [0.15, 0.2) is 5.82 Å². The number of fused-ring (bicyclic) bond motifs is 1. The van der Waals surface area contributed by atoms with Crippen LogP contribution in [0.5, 0.6) is 0 Å². The summed E-state index contributed by atoms with van der Waals surface area (Å²) >= 11 is 0. The molecule has 0 saturated heterocycles. The number of aliphatic hydroxyl groups excluding tert-OH is 1. The Morgan fingerprint density at radius 1 is 1.41 bits per heavy atom. The van der Waals surface area contributed by atoms with E-state index in [1.165, 1.54) is 0 Å². The Bertz CT molecular complexity index is 606. The minimum absolute atomic E-state index is 0.0536. The van der Waals surface area contributed by atoms with Gasteiger partial charge in [0.25, 0.3) is 11.5 Å². The summed E-state index contributed by atoms with van der Waals surface area (Å²) < 4.78 is 0. The number of H-pyrrole nitrogens is 1. The van der Waals surface area contributed by atoms with Gasteiger partial charge in [-0.1, -0.05) is 12.1 Å². The van der Waals surface area contributed by atoms with Crippen molar-refractivity contribution in [1.29, 1.82) is 0 Å². The van der Waals surface area contributed by atoms with E-state index in [9.17, 15) is 9.59 Å². The maximum absolute atomic E-state index is 11.7. The first-order valence-electron chi connectivity index (χ1n) is 5.10. The van der Waals surface area contributed by atoms with Gasteiger partial charge in [-0.25, -0.2) is 4.98 Å². The molecule has 0 aliphatic rings. The lowest BCUT2D eigenvalue weighted by Gasteiger charge is -2.03. The summed E-state index contributed by atoms with van der Waals surface area (Å²) in [6.45, 7) is -0.0427. The van der Waals surface area contributed by atoms with Crippen LogP contribution in [-0.2, 0) is 0 Å². The summed E-state index contributed by atoms with van der Waals surface area (Å²) in [5.74, 6) is -0.566. The van der Waals surface area contributed by atoms with Crippen LogP contribution in [0.2, 0.25) is 0 Å². The summed E-state index contributed by atoms with van der Waals surface area (Å²) in [5, 5.41) is 11.4.